The van der Waals surface area contributed by atoms with Crippen LogP contribution in [0.5, 0.6) is 0 Å². The van der Waals surface area contributed by atoms with Gasteiger partial charge in [-0.05, 0) is 49.4 Å². The number of allylic oxidation sites excluding steroid dienone is 1. The van der Waals surface area contributed by atoms with E-state index in [1.165, 1.54) is 23.9 Å². The maximum absolute atomic E-state index is 13.2. The highest BCUT2D eigenvalue weighted by molar-refractivity contribution is 8.00. The third-order valence-corrected chi connectivity index (χ3v) is 5.62. The number of hydrogen-bond acceptors (Lipinski definition) is 4. The van der Waals surface area contributed by atoms with Crippen molar-refractivity contribution in [3.05, 3.63) is 71.0 Å². The summed E-state index contributed by atoms with van der Waals surface area (Å²) in [6.07, 6.45) is 1.73. The summed E-state index contributed by atoms with van der Waals surface area (Å²) in [5, 5.41) is 12.0. The van der Waals surface area contributed by atoms with Gasteiger partial charge in [0.05, 0.1) is 16.0 Å². The lowest BCUT2D eigenvalue weighted by Crippen LogP contribution is -2.23. The van der Waals surface area contributed by atoms with Gasteiger partial charge < -0.3 is 5.32 Å². The van der Waals surface area contributed by atoms with Gasteiger partial charge in [-0.2, -0.15) is 0 Å². The van der Waals surface area contributed by atoms with Gasteiger partial charge in [0.2, 0.25) is 5.91 Å². The van der Waals surface area contributed by atoms with E-state index in [2.05, 4.69) is 22.1 Å². The van der Waals surface area contributed by atoms with E-state index in [9.17, 15) is 9.18 Å². The Balaban J connectivity index is 1.78. The van der Waals surface area contributed by atoms with Crippen molar-refractivity contribution in [3.8, 4) is 11.4 Å². The molecule has 3 aromatic rings. The molecule has 0 aliphatic heterocycles. The molecule has 0 radical (unpaired) electrons. The smallest absolute Gasteiger partial charge is 0.237 e. The molecule has 1 heterocycles. The Bertz CT molecular complexity index is 1040. The number of hydrogen-bond donors (Lipinski definition) is 1. The van der Waals surface area contributed by atoms with Crippen molar-refractivity contribution in [1.82, 2.24) is 14.8 Å². The molecule has 9 heteroatoms. The molecule has 1 N–H and O–H groups in total. The normalized spacial score (nSPS) is 11.9. The molecule has 1 amide bonds. The number of amides is 1. The maximum atomic E-state index is 13.2. The van der Waals surface area contributed by atoms with Gasteiger partial charge in [-0.25, -0.2) is 4.39 Å². The summed E-state index contributed by atoms with van der Waals surface area (Å²) in [5.74, 6) is -0.106. The number of thioether (sulfide) groups is 1. The van der Waals surface area contributed by atoms with Crippen LogP contribution in [-0.4, -0.2) is 25.9 Å². The zero-order chi connectivity index (χ0) is 21.0. The molecule has 1 atom stereocenters. The van der Waals surface area contributed by atoms with E-state index in [1.807, 2.05) is 16.7 Å². The second kappa shape index (κ2) is 9.43. The zero-order valence-corrected chi connectivity index (χ0v) is 17.7. The van der Waals surface area contributed by atoms with Crippen LogP contribution in [0.1, 0.15) is 6.92 Å². The van der Waals surface area contributed by atoms with Crippen LogP contribution in [0.15, 0.2) is 60.3 Å². The minimum Gasteiger partial charge on any atom is -0.324 e. The first-order valence-electron chi connectivity index (χ1n) is 8.61. The fourth-order valence-corrected chi connectivity index (χ4v) is 3.72. The minimum atomic E-state index is -0.498. The SMILES string of the molecule is C=CCn1c(SC(C)C(=O)Nc2ccc(F)cc2Cl)nnc1-c1ccc(Cl)cc1. The lowest BCUT2D eigenvalue weighted by Gasteiger charge is -2.13. The fourth-order valence-electron chi connectivity index (χ4n) is 2.52. The average Bonchev–Trinajstić information content (AvgIpc) is 3.07. The number of anilines is 1. The van der Waals surface area contributed by atoms with Crippen molar-refractivity contribution in [3.63, 3.8) is 0 Å². The fraction of sp³-hybridized carbons (Fsp3) is 0.150. The predicted molar refractivity (Wildman–Crippen MR) is 116 cm³/mol. The van der Waals surface area contributed by atoms with E-state index in [1.54, 1.807) is 25.1 Å². The van der Waals surface area contributed by atoms with E-state index in [0.717, 1.165) is 11.6 Å². The standard InChI is InChI=1S/C20H17Cl2FN4OS/c1-3-10-27-18(13-4-6-14(21)7-5-13)25-26-20(27)29-12(2)19(28)24-17-9-8-15(23)11-16(17)22/h3-9,11-12H,1,10H2,2H3,(H,24,28). The summed E-state index contributed by atoms with van der Waals surface area (Å²) in [6, 6.07) is 11.1. The maximum Gasteiger partial charge on any atom is 0.237 e. The number of carbonyl (C=O) groups excluding carboxylic acids is 1. The Morgan fingerprint density at radius 3 is 2.66 bits per heavy atom. The molecule has 29 heavy (non-hydrogen) atoms. The molecular formula is C20H17Cl2FN4OS. The number of rotatable bonds is 7. The third-order valence-electron chi connectivity index (χ3n) is 3.97. The van der Waals surface area contributed by atoms with E-state index in [-0.39, 0.29) is 10.9 Å². The summed E-state index contributed by atoms with van der Waals surface area (Å²) in [4.78, 5) is 12.6. The van der Waals surface area contributed by atoms with E-state index >= 15 is 0 Å². The zero-order valence-electron chi connectivity index (χ0n) is 15.4. The highest BCUT2D eigenvalue weighted by Crippen LogP contribution is 2.29. The third kappa shape index (κ3) is 5.18. The molecule has 0 aliphatic carbocycles. The average molecular weight is 451 g/mol. The Morgan fingerprint density at radius 1 is 1.28 bits per heavy atom. The van der Waals surface area contributed by atoms with Gasteiger partial charge in [-0.1, -0.05) is 41.0 Å². The summed E-state index contributed by atoms with van der Waals surface area (Å²) in [6.45, 7) is 6.00. The summed E-state index contributed by atoms with van der Waals surface area (Å²) in [7, 11) is 0. The molecular weight excluding hydrogens is 434 g/mol. The van der Waals surface area contributed by atoms with Gasteiger partial charge in [0, 0.05) is 17.1 Å². The lowest BCUT2D eigenvalue weighted by atomic mass is 10.2. The van der Waals surface area contributed by atoms with Gasteiger partial charge in [0.25, 0.3) is 0 Å². The highest BCUT2D eigenvalue weighted by Gasteiger charge is 2.21. The van der Waals surface area contributed by atoms with E-state index in [0.29, 0.717) is 28.2 Å². The molecule has 1 unspecified atom stereocenters. The van der Waals surface area contributed by atoms with Crippen LogP contribution >= 0.6 is 35.0 Å². The van der Waals surface area contributed by atoms with Crippen molar-refractivity contribution in [2.45, 2.75) is 23.9 Å². The highest BCUT2D eigenvalue weighted by atomic mass is 35.5. The van der Waals surface area contributed by atoms with Crippen molar-refractivity contribution < 1.29 is 9.18 Å². The molecule has 1 aromatic heterocycles. The topological polar surface area (TPSA) is 59.8 Å². The molecule has 0 aliphatic rings. The van der Waals surface area contributed by atoms with Crippen LogP contribution in [0.25, 0.3) is 11.4 Å². The first-order valence-corrected chi connectivity index (χ1v) is 10.2. The Hall–Kier alpha value is -2.35. The number of nitrogens with zero attached hydrogens (tertiary/aromatic N) is 3. The van der Waals surface area contributed by atoms with Gasteiger partial charge in [0.15, 0.2) is 11.0 Å². The molecule has 0 fully saturated rings. The second-order valence-corrected chi connectivity index (χ2v) is 8.24. The summed E-state index contributed by atoms with van der Waals surface area (Å²) in [5.41, 5.74) is 1.20. The van der Waals surface area contributed by atoms with Crippen molar-refractivity contribution in [1.29, 1.82) is 0 Å². The number of halogens is 3. The van der Waals surface area contributed by atoms with Gasteiger partial charge in [-0.3, -0.25) is 9.36 Å². The molecule has 3 rings (SSSR count). The largest absolute Gasteiger partial charge is 0.324 e. The van der Waals surface area contributed by atoms with E-state index < -0.39 is 11.1 Å². The summed E-state index contributed by atoms with van der Waals surface area (Å²) >= 11 is 13.2. The molecule has 0 spiro atoms. The predicted octanol–water partition coefficient (Wildman–Crippen LogP) is 5.70. The molecule has 0 saturated carbocycles. The molecule has 2 aromatic carbocycles. The second-order valence-electron chi connectivity index (χ2n) is 6.09. The monoisotopic (exact) mass is 450 g/mol. The van der Waals surface area contributed by atoms with Crippen LogP contribution in [0.4, 0.5) is 10.1 Å². The molecule has 0 bridgehead atoms. The van der Waals surface area contributed by atoms with Crippen LogP contribution < -0.4 is 5.32 Å². The number of carbonyl (C=O) groups is 1. The molecule has 0 saturated heterocycles. The first-order chi connectivity index (χ1) is 13.9. The number of nitrogens with one attached hydrogen (secondary N) is 1. The Labute approximate surface area is 181 Å². The van der Waals surface area contributed by atoms with Crippen molar-refractivity contribution in [2.24, 2.45) is 0 Å². The van der Waals surface area contributed by atoms with Gasteiger partial charge in [0.1, 0.15) is 5.82 Å². The van der Waals surface area contributed by atoms with Gasteiger partial charge >= 0.3 is 0 Å². The van der Waals surface area contributed by atoms with E-state index in [4.69, 9.17) is 23.2 Å². The quantitative estimate of drug-likeness (QED) is 0.370. The minimum absolute atomic E-state index is 0.135. The van der Waals surface area contributed by atoms with Crippen LogP contribution in [0.2, 0.25) is 10.0 Å². The lowest BCUT2D eigenvalue weighted by molar-refractivity contribution is -0.115. The molecule has 150 valence electrons. The first kappa shape index (κ1) is 21.4. The number of aromatic nitrogens is 3. The number of benzene rings is 2. The van der Waals surface area contributed by atoms with Crippen LogP contribution in [0, 0.1) is 5.82 Å². The van der Waals surface area contributed by atoms with Crippen molar-refractivity contribution in [2.75, 3.05) is 5.32 Å². The van der Waals surface area contributed by atoms with Gasteiger partial charge in [-0.15, -0.1) is 16.8 Å². The Kier molecular flexibility index (Phi) is 6.95. The van der Waals surface area contributed by atoms with Crippen LogP contribution in [0.3, 0.4) is 0 Å². The van der Waals surface area contributed by atoms with Crippen molar-refractivity contribution >= 4 is 46.6 Å². The Morgan fingerprint density at radius 2 is 2.00 bits per heavy atom. The summed E-state index contributed by atoms with van der Waals surface area (Å²) < 4.78 is 15.0. The van der Waals surface area contributed by atoms with Crippen LogP contribution in [-0.2, 0) is 11.3 Å². The molecule has 5 nitrogen and oxygen atoms in total.